The molecule has 15 heteroatoms. The Morgan fingerprint density at radius 2 is 1.79 bits per heavy atom. The SMILES string of the molecule is Cc1nccn1CCN1CCC2(CC1)CO[C@H]1c3cc(F)ccc3OC(C)(C)[C@@H]1C2.O=P(O)(O)OP(=O)(O)O. The van der Waals surface area contributed by atoms with Crippen molar-refractivity contribution in [1.82, 2.24) is 14.5 Å². The lowest BCUT2D eigenvalue weighted by Gasteiger charge is -2.54. The van der Waals surface area contributed by atoms with E-state index in [9.17, 15) is 13.5 Å². The van der Waals surface area contributed by atoms with E-state index in [0.29, 0.717) is 0 Å². The van der Waals surface area contributed by atoms with Crippen molar-refractivity contribution in [2.45, 2.75) is 58.3 Å². The topological polar surface area (TPSA) is 164 Å². The molecule has 1 aromatic carbocycles. The Hall–Kier alpha value is -1.66. The van der Waals surface area contributed by atoms with Crippen LogP contribution in [0.5, 0.6) is 5.75 Å². The van der Waals surface area contributed by atoms with Crippen LogP contribution >= 0.6 is 15.6 Å². The second-order valence-electron chi connectivity index (χ2n) is 11.0. The summed E-state index contributed by atoms with van der Waals surface area (Å²) >= 11 is 0. The van der Waals surface area contributed by atoms with E-state index >= 15 is 0 Å². The van der Waals surface area contributed by atoms with Gasteiger partial charge in [-0.05, 0) is 76.7 Å². The molecule has 1 aromatic heterocycles. The highest BCUT2D eigenvalue weighted by Crippen LogP contribution is 2.56. The second-order valence-corrected chi connectivity index (χ2v) is 13.6. The minimum Gasteiger partial charge on any atom is -0.487 e. The zero-order chi connectivity index (χ0) is 28.6. The number of hydrogen-bond donors (Lipinski definition) is 4. The number of ether oxygens (including phenoxy) is 2. The Kier molecular flexibility index (Phi) is 8.79. The number of likely N-dealkylation sites (tertiary alicyclic amines) is 1. The van der Waals surface area contributed by atoms with Crippen molar-refractivity contribution in [1.29, 1.82) is 0 Å². The summed E-state index contributed by atoms with van der Waals surface area (Å²) in [7, 11) is -10.1. The number of aryl methyl sites for hydroxylation is 1. The Morgan fingerprint density at radius 1 is 1.13 bits per heavy atom. The van der Waals surface area contributed by atoms with Crippen molar-refractivity contribution in [2.75, 3.05) is 26.2 Å². The van der Waals surface area contributed by atoms with Gasteiger partial charge in [0.2, 0.25) is 0 Å². The maximum Gasteiger partial charge on any atom is 0.478 e. The monoisotopic (exact) mass is 591 g/mol. The molecule has 4 heterocycles. The van der Waals surface area contributed by atoms with Crippen LogP contribution in [-0.2, 0) is 24.7 Å². The Bertz CT molecular complexity index is 1230. The minimum absolute atomic E-state index is 0.0766. The lowest BCUT2D eigenvalue weighted by atomic mass is 9.64. The highest BCUT2D eigenvalue weighted by molar-refractivity contribution is 7.60. The van der Waals surface area contributed by atoms with Crippen molar-refractivity contribution < 1.29 is 46.9 Å². The molecular weight excluding hydrogens is 555 g/mol. The van der Waals surface area contributed by atoms with Gasteiger partial charge >= 0.3 is 15.6 Å². The fourth-order valence-electron chi connectivity index (χ4n) is 5.75. The van der Waals surface area contributed by atoms with Crippen molar-refractivity contribution in [2.24, 2.45) is 11.3 Å². The summed E-state index contributed by atoms with van der Waals surface area (Å²) < 4.78 is 51.2. The first-order valence-corrected chi connectivity index (χ1v) is 15.7. The van der Waals surface area contributed by atoms with E-state index in [0.717, 1.165) is 69.2 Å². The van der Waals surface area contributed by atoms with Crippen LogP contribution in [0.2, 0.25) is 0 Å². The van der Waals surface area contributed by atoms with Gasteiger partial charge in [0.25, 0.3) is 0 Å². The van der Waals surface area contributed by atoms with Gasteiger partial charge in [0.1, 0.15) is 23.0 Å². The van der Waals surface area contributed by atoms with Gasteiger partial charge < -0.3 is 38.5 Å². The standard InChI is InChI=1S/C24H32FN3O2.H4O7P2/c1-17-26-8-11-28(17)13-12-27-9-6-24(7-10-27)15-20-22(29-16-24)19-14-18(25)4-5-21(19)30-23(20,2)3;1-8(2,3)7-9(4,5)6/h4-5,8,11,14,20,22H,6-7,9-10,12-13,15-16H2,1-3H3;(H2,1,2,3)(H2,4,5,6)/t20-,22+;/m1./s1. The highest BCUT2D eigenvalue weighted by atomic mass is 31.3. The first-order chi connectivity index (χ1) is 18.1. The van der Waals surface area contributed by atoms with Crippen molar-refractivity contribution >= 4 is 15.6 Å². The predicted molar refractivity (Wildman–Crippen MR) is 138 cm³/mol. The normalized spacial score (nSPS) is 24.2. The quantitative estimate of drug-likeness (QED) is 0.376. The number of aromatic nitrogens is 2. The van der Waals surface area contributed by atoms with Crippen molar-refractivity contribution in [3.63, 3.8) is 0 Å². The van der Waals surface area contributed by atoms with Gasteiger partial charge in [-0.25, -0.2) is 18.5 Å². The summed E-state index contributed by atoms with van der Waals surface area (Å²) in [4.78, 5) is 37.9. The summed E-state index contributed by atoms with van der Waals surface area (Å²) in [6, 6.07) is 4.82. The lowest BCUT2D eigenvalue weighted by Crippen LogP contribution is -2.54. The third-order valence-corrected chi connectivity index (χ3v) is 9.54. The molecule has 0 saturated carbocycles. The van der Waals surface area contributed by atoms with Gasteiger partial charge in [-0.15, -0.1) is 0 Å². The first-order valence-electron chi connectivity index (χ1n) is 12.7. The summed E-state index contributed by atoms with van der Waals surface area (Å²) in [6.07, 6.45) is 7.22. The number of nitrogens with zero attached hydrogens (tertiary/aromatic N) is 3. The van der Waals surface area contributed by atoms with Crippen LogP contribution in [0.15, 0.2) is 30.6 Å². The molecule has 0 bridgehead atoms. The zero-order valence-corrected chi connectivity index (χ0v) is 23.9. The zero-order valence-electron chi connectivity index (χ0n) is 22.1. The summed E-state index contributed by atoms with van der Waals surface area (Å²) in [5, 5.41) is 0. The van der Waals surface area contributed by atoms with Crippen molar-refractivity contribution in [3.8, 4) is 5.75 Å². The van der Waals surface area contributed by atoms with Gasteiger partial charge in [0, 0.05) is 37.0 Å². The molecule has 12 nitrogen and oxygen atoms in total. The number of imidazole rings is 1. The molecule has 2 atom stereocenters. The number of phosphoric acid groups is 2. The third kappa shape index (κ3) is 7.75. The maximum atomic E-state index is 13.9. The van der Waals surface area contributed by atoms with Crippen LogP contribution in [0.3, 0.4) is 0 Å². The van der Waals surface area contributed by atoms with Crippen LogP contribution < -0.4 is 4.74 Å². The summed E-state index contributed by atoms with van der Waals surface area (Å²) in [5.41, 5.74) is 0.759. The molecule has 2 aromatic rings. The lowest BCUT2D eigenvalue weighted by molar-refractivity contribution is -0.174. The molecule has 39 heavy (non-hydrogen) atoms. The Balaban J connectivity index is 0.000000340. The molecule has 4 N–H and O–H groups in total. The van der Waals surface area contributed by atoms with Crippen LogP contribution in [0.25, 0.3) is 0 Å². The van der Waals surface area contributed by atoms with E-state index in [4.69, 9.17) is 29.0 Å². The number of piperidine rings is 1. The molecule has 218 valence electrons. The van der Waals surface area contributed by atoms with Crippen LogP contribution in [0, 0.1) is 24.1 Å². The molecule has 3 aliphatic heterocycles. The molecule has 0 amide bonds. The smallest absolute Gasteiger partial charge is 0.478 e. The highest BCUT2D eigenvalue weighted by Gasteiger charge is 2.52. The second kappa shape index (κ2) is 11.3. The molecule has 1 spiro atoms. The fraction of sp³-hybridized carbons (Fsp3) is 0.625. The maximum absolute atomic E-state index is 13.9. The number of benzene rings is 1. The molecular formula is C24H36FN3O9P2. The predicted octanol–water partition coefficient (Wildman–Crippen LogP) is 3.55. The van der Waals surface area contributed by atoms with E-state index in [1.807, 2.05) is 6.20 Å². The van der Waals surface area contributed by atoms with Gasteiger partial charge in [-0.3, -0.25) is 0 Å². The van der Waals surface area contributed by atoms with Crippen LogP contribution in [0.4, 0.5) is 4.39 Å². The van der Waals surface area contributed by atoms with Gasteiger partial charge in [-0.2, -0.15) is 4.31 Å². The van der Waals surface area contributed by atoms with Gasteiger partial charge in [0.05, 0.1) is 12.7 Å². The Labute approximate surface area is 226 Å². The molecule has 0 unspecified atom stereocenters. The van der Waals surface area contributed by atoms with E-state index in [1.54, 1.807) is 12.1 Å². The number of rotatable bonds is 5. The molecule has 5 rings (SSSR count). The average molecular weight is 592 g/mol. The minimum atomic E-state index is -5.05. The number of fused-ring (bicyclic) bond motifs is 3. The molecule has 2 saturated heterocycles. The van der Waals surface area contributed by atoms with Crippen LogP contribution in [-0.4, -0.2) is 65.9 Å². The van der Waals surface area contributed by atoms with Gasteiger partial charge in [0.15, 0.2) is 0 Å². The summed E-state index contributed by atoms with van der Waals surface area (Å²) in [5.74, 6) is 1.86. The fourth-order valence-corrected chi connectivity index (χ4v) is 6.86. The largest absolute Gasteiger partial charge is 0.487 e. The van der Waals surface area contributed by atoms with E-state index in [1.165, 1.54) is 6.07 Å². The Morgan fingerprint density at radius 3 is 2.36 bits per heavy atom. The first kappa shape index (κ1) is 30.3. The molecule has 2 fully saturated rings. The molecule has 0 aliphatic carbocycles. The summed E-state index contributed by atoms with van der Waals surface area (Å²) in [6.45, 7) is 11.4. The molecule has 0 radical (unpaired) electrons. The van der Waals surface area contributed by atoms with E-state index in [2.05, 4.69) is 45.7 Å². The number of halogens is 1. The van der Waals surface area contributed by atoms with Crippen LogP contribution in [0.1, 0.15) is 50.6 Å². The van der Waals surface area contributed by atoms with Crippen molar-refractivity contribution in [3.05, 3.63) is 47.8 Å². The third-order valence-electron chi connectivity index (χ3n) is 7.84. The van der Waals surface area contributed by atoms with E-state index < -0.39 is 15.6 Å². The number of hydrogen-bond acceptors (Lipinski definition) is 7. The van der Waals surface area contributed by atoms with Gasteiger partial charge in [-0.1, -0.05) is 0 Å². The van der Waals surface area contributed by atoms with E-state index in [-0.39, 0.29) is 28.9 Å². The molecule has 3 aliphatic rings. The average Bonchev–Trinajstić information content (AvgIpc) is 3.22.